The maximum Gasteiger partial charge on any atom is 2.00 e. The summed E-state index contributed by atoms with van der Waals surface area (Å²) in [7, 11) is -9.36. The molecule has 0 fully saturated rings. The van der Waals surface area contributed by atoms with Crippen molar-refractivity contribution >= 4 is 58.0 Å². The standard InChI is InChI=1S/2C23H32O5S.Ca/c2*1-2-3-4-5-6-7-8-9-11-14-19-17-21(24)23(22(18-19)29(25,26)27)28-20-15-12-10-13-16-20;/h2*10,12-13,15-18,24H,2-9,11,14H2,1H3,(H,25,26,27);/q;;+2/p-2. The van der Waals surface area contributed by atoms with Crippen LogP contribution < -0.4 is 14.6 Å². The van der Waals surface area contributed by atoms with E-state index in [1.807, 2.05) is 0 Å². The minimum atomic E-state index is -4.82. The number of unbranched alkanes of at least 4 members (excludes halogenated alkanes) is 16. The molecule has 0 aromatic heterocycles. The van der Waals surface area contributed by atoms with E-state index in [1.54, 1.807) is 60.7 Å². The summed E-state index contributed by atoms with van der Waals surface area (Å²) in [5, 5.41) is 22.8. The molecule has 0 aliphatic rings. The van der Waals surface area contributed by atoms with Gasteiger partial charge in [0.15, 0.2) is 11.5 Å². The Morgan fingerprint density at radius 1 is 0.525 bits per heavy atom. The maximum atomic E-state index is 12.4. The van der Waals surface area contributed by atoms with Crippen molar-refractivity contribution in [3.05, 3.63) is 96.1 Å². The first-order valence-electron chi connectivity index (χ1n) is 20.9. The van der Waals surface area contributed by atoms with Crippen molar-refractivity contribution in [1.82, 2.24) is 0 Å². The summed E-state index contributed by atoms with van der Waals surface area (Å²) in [6, 6.07) is 22.5. The summed E-state index contributed by atoms with van der Waals surface area (Å²) < 4.78 is 79.3. The second-order valence-electron chi connectivity index (χ2n) is 14.8. The number of phenols is 1. The third kappa shape index (κ3) is 20.5. The van der Waals surface area contributed by atoms with E-state index < -0.39 is 41.5 Å². The number of aromatic hydroxyl groups is 1. The molecule has 4 aromatic rings. The van der Waals surface area contributed by atoms with Crippen LogP contribution in [0.5, 0.6) is 34.5 Å². The Kier molecular flexibility index (Phi) is 25.4. The molecule has 4 rings (SSSR count). The van der Waals surface area contributed by atoms with Crippen molar-refractivity contribution in [3.63, 3.8) is 0 Å². The first-order chi connectivity index (χ1) is 27.8. The van der Waals surface area contributed by atoms with Crippen molar-refractivity contribution in [1.29, 1.82) is 0 Å². The fourth-order valence-corrected chi connectivity index (χ4v) is 7.98. The first-order valence-corrected chi connectivity index (χ1v) is 23.8. The molecular weight excluding hydrogens is 817 g/mol. The summed E-state index contributed by atoms with van der Waals surface area (Å²) in [6.45, 7) is 4.42. The van der Waals surface area contributed by atoms with Crippen LogP contribution in [-0.4, -0.2) is 68.8 Å². The SMILES string of the molecule is CCCCCCCCCCCc1cc(O)c(Oc2ccccc2)c(S(=O)(=O)O)c1.CCCCCCCCCCCc1cc([O-])c(Oc2ccccc2)c(S(=O)(=O)[O-])c1.[Ca+2]. The van der Waals surface area contributed by atoms with Gasteiger partial charge in [0.1, 0.15) is 32.3 Å². The van der Waals surface area contributed by atoms with Gasteiger partial charge in [-0.1, -0.05) is 165 Å². The van der Waals surface area contributed by atoms with Crippen LogP contribution in [0.3, 0.4) is 0 Å². The van der Waals surface area contributed by atoms with Gasteiger partial charge in [0.05, 0.1) is 4.90 Å². The number of hydrogen-bond donors (Lipinski definition) is 2. The van der Waals surface area contributed by atoms with E-state index in [1.165, 1.54) is 101 Å². The topological polar surface area (TPSA) is 173 Å². The molecule has 320 valence electrons. The van der Waals surface area contributed by atoms with Crippen LogP contribution in [0.1, 0.15) is 141 Å². The van der Waals surface area contributed by atoms with E-state index in [0.717, 1.165) is 38.5 Å². The number of ether oxygens (including phenoxy) is 2. The van der Waals surface area contributed by atoms with Gasteiger partial charge < -0.3 is 24.2 Å². The number of benzene rings is 4. The maximum absolute atomic E-state index is 12.4. The summed E-state index contributed by atoms with van der Waals surface area (Å²) in [4.78, 5) is -0.993. The van der Waals surface area contributed by atoms with Gasteiger partial charge in [0, 0.05) is 0 Å². The van der Waals surface area contributed by atoms with E-state index in [0.29, 0.717) is 35.5 Å². The smallest absolute Gasteiger partial charge is 0.870 e. The summed E-state index contributed by atoms with van der Waals surface area (Å²) in [6.07, 6.45) is 22.5. The third-order valence-electron chi connectivity index (χ3n) is 9.79. The van der Waals surface area contributed by atoms with Gasteiger partial charge in [-0.05, 0) is 79.3 Å². The van der Waals surface area contributed by atoms with Crippen molar-refractivity contribution in [2.75, 3.05) is 0 Å². The minimum Gasteiger partial charge on any atom is -0.870 e. The van der Waals surface area contributed by atoms with Gasteiger partial charge in [-0.2, -0.15) is 8.42 Å². The van der Waals surface area contributed by atoms with Gasteiger partial charge in [-0.15, -0.1) is 0 Å². The average Bonchev–Trinajstić information content (AvgIpc) is 3.18. The fourth-order valence-electron chi connectivity index (χ4n) is 6.64. The Hall–Kier alpha value is -2.84. The van der Waals surface area contributed by atoms with E-state index in [9.17, 15) is 36.2 Å². The van der Waals surface area contributed by atoms with E-state index >= 15 is 0 Å². The van der Waals surface area contributed by atoms with Crippen LogP contribution in [0.2, 0.25) is 0 Å². The van der Waals surface area contributed by atoms with Gasteiger partial charge in [0.25, 0.3) is 10.1 Å². The second-order valence-corrected chi connectivity index (χ2v) is 17.5. The molecule has 0 unspecified atom stereocenters. The van der Waals surface area contributed by atoms with Crippen LogP contribution in [0.15, 0.2) is 94.7 Å². The van der Waals surface area contributed by atoms with Gasteiger partial charge in [0.2, 0.25) is 0 Å². The van der Waals surface area contributed by atoms with E-state index in [2.05, 4.69) is 13.8 Å². The zero-order valence-electron chi connectivity index (χ0n) is 34.9. The van der Waals surface area contributed by atoms with Crippen molar-refractivity contribution in [3.8, 4) is 34.5 Å². The molecule has 0 amide bonds. The van der Waals surface area contributed by atoms with Crippen molar-refractivity contribution in [2.45, 2.75) is 152 Å². The predicted molar refractivity (Wildman–Crippen MR) is 232 cm³/mol. The zero-order valence-corrected chi connectivity index (χ0v) is 38.8. The normalized spacial score (nSPS) is 11.3. The van der Waals surface area contributed by atoms with Gasteiger partial charge in [-0.3, -0.25) is 4.55 Å². The summed E-state index contributed by atoms with van der Waals surface area (Å²) in [5.74, 6) is -0.885. The number of rotatable bonds is 26. The van der Waals surface area contributed by atoms with Gasteiger partial charge in [-0.25, -0.2) is 8.42 Å². The molecule has 0 aliphatic heterocycles. The number of para-hydroxylation sites is 2. The molecule has 13 heteroatoms. The monoisotopic (exact) mass is 878 g/mol. The molecule has 0 atom stereocenters. The van der Waals surface area contributed by atoms with Crippen LogP contribution in [0.4, 0.5) is 0 Å². The van der Waals surface area contributed by atoms with Crippen LogP contribution in [0.25, 0.3) is 0 Å². The molecular formula is C46H62CaO10S2. The molecule has 0 saturated carbocycles. The van der Waals surface area contributed by atoms with E-state index in [4.69, 9.17) is 9.47 Å². The summed E-state index contributed by atoms with van der Waals surface area (Å²) in [5.41, 5.74) is 1.23. The first kappa shape index (κ1) is 52.3. The minimum absolute atomic E-state index is 0. The number of hydrogen-bond acceptors (Lipinski definition) is 9. The molecule has 0 heterocycles. The van der Waals surface area contributed by atoms with Crippen LogP contribution in [-0.2, 0) is 33.1 Å². The predicted octanol–water partition coefficient (Wildman–Crippen LogP) is 11.7. The Bertz CT molecular complexity index is 1850. The Morgan fingerprint density at radius 3 is 1.31 bits per heavy atom. The average molecular weight is 879 g/mol. The van der Waals surface area contributed by atoms with E-state index in [-0.39, 0.29) is 49.2 Å². The number of aryl methyl sites for hydroxylation is 2. The largest absolute Gasteiger partial charge is 2.00 e. The fraction of sp³-hybridized carbons (Fsp3) is 0.478. The third-order valence-corrected chi connectivity index (χ3v) is 11.5. The quantitative estimate of drug-likeness (QED) is 0.0351. The molecule has 10 nitrogen and oxygen atoms in total. The molecule has 0 spiro atoms. The number of phenolic OH excluding ortho intramolecular Hbond substituents is 1. The molecule has 0 radical (unpaired) electrons. The molecule has 0 aliphatic carbocycles. The Labute approximate surface area is 383 Å². The second kappa shape index (κ2) is 28.6. The molecule has 0 saturated heterocycles. The summed E-state index contributed by atoms with van der Waals surface area (Å²) >= 11 is 0. The van der Waals surface area contributed by atoms with Crippen LogP contribution >= 0.6 is 0 Å². The molecule has 0 bridgehead atoms. The Balaban J connectivity index is 0.000000400. The zero-order chi connectivity index (χ0) is 42.2. The molecule has 59 heavy (non-hydrogen) atoms. The Morgan fingerprint density at radius 2 is 0.898 bits per heavy atom. The van der Waals surface area contributed by atoms with Crippen molar-refractivity contribution < 1.29 is 45.6 Å². The molecule has 4 aromatic carbocycles. The molecule has 2 N–H and O–H groups in total. The van der Waals surface area contributed by atoms with Crippen LogP contribution in [0, 0.1) is 0 Å². The van der Waals surface area contributed by atoms with Crippen molar-refractivity contribution in [2.24, 2.45) is 0 Å². The van der Waals surface area contributed by atoms with Gasteiger partial charge >= 0.3 is 37.7 Å².